The van der Waals surface area contributed by atoms with E-state index in [0.29, 0.717) is 34.5 Å². The Kier molecular flexibility index (Phi) is 4.98. The van der Waals surface area contributed by atoms with E-state index in [-0.39, 0.29) is 6.04 Å². The second kappa shape index (κ2) is 7.15. The summed E-state index contributed by atoms with van der Waals surface area (Å²) in [5.74, 6) is 1.74. The van der Waals surface area contributed by atoms with Gasteiger partial charge in [-0.25, -0.2) is 9.97 Å². The molecule has 120 valence electrons. The molecule has 1 saturated carbocycles. The zero-order chi connectivity index (χ0) is 16.2. The minimum absolute atomic E-state index is 0.278. The molecule has 0 atom stereocenters. The van der Waals surface area contributed by atoms with E-state index in [0.717, 1.165) is 24.3 Å². The number of hydrogen-bond acceptors (Lipinski definition) is 5. The van der Waals surface area contributed by atoms with Gasteiger partial charge in [0.1, 0.15) is 23.7 Å². The van der Waals surface area contributed by atoms with Crippen LogP contribution in [0.4, 0.5) is 17.3 Å². The summed E-state index contributed by atoms with van der Waals surface area (Å²) < 4.78 is 0. The van der Waals surface area contributed by atoms with Crippen molar-refractivity contribution in [1.29, 1.82) is 0 Å². The third kappa shape index (κ3) is 4.33. The highest BCUT2D eigenvalue weighted by atomic mass is 35.5. The average Bonchev–Trinajstić information content (AvgIpc) is 2.54. The number of aromatic nitrogens is 2. The number of benzene rings is 1. The maximum Gasteiger partial charge on any atom is 0.135 e. The third-order valence-electron chi connectivity index (χ3n) is 3.75. The Labute approximate surface area is 144 Å². The van der Waals surface area contributed by atoms with Crippen LogP contribution in [0.1, 0.15) is 25.7 Å². The van der Waals surface area contributed by atoms with Gasteiger partial charge in [0.2, 0.25) is 0 Å². The van der Waals surface area contributed by atoms with Gasteiger partial charge in [-0.05, 0) is 31.0 Å². The number of nitrogens with one attached hydrogen (secondary N) is 2. The molecular formula is C16H16Cl2N4O. The highest BCUT2D eigenvalue weighted by Crippen LogP contribution is 2.27. The van der Waals surface area contributed by atoms with Crippen LogP contribution in [0.25, 0.3) is 0 Å². The van der Waals surface area contributed by atoms with Crippen LogP contribution in [-0.4, -0.2) is 21.8 Å². The van der Waals surface area contributed by atoms with E-state index in [2.05, 4.69) is 20.6 Å². The fraction of sp³-hybridized carbons (Fsp3) is 0.312. The Morgan fingerprint density at radius 3 is 2.48 bits per heavy atom. The maximum atomic E-state index is 11.3. The zero-order valence-corrected chi connectivity index (χ0v) is 13.9. The Balaban J connectivity index is 1.67. The molecule has 23 heavy (non-hydrogen) atoms. The summed E-state index contributed by atoms with van der Waals surface area (Å²) >= 11 is 11.9. The van der Waals surface area contributed by atoms with Crippen molar-refractivity contribution in [3.63, 3.8) is 0 Å². The van der Waals surface area contributed by atoms with Gasteiger partial charge in [0, 0.05) is 30.6 Å². The molecule has 5 nitrogen and oxygen atoms in total. The van der Waals surface area contributed by atoms with Gasteiger partial charge in [0.05, 0.1) is 10.0 Å². The maximum absolute atomic E-state index is 11.3. The minimum atomic E-state index is 0.278. The van der Waals surface area contributed by atoms with Crippen molar-refractivity contribution in [2.24, 2.45) is 0 Å². The first-order valence-corrected chi connectivity index (χ1v) is 8.18. The van der Waals surface area contributed by atoms with Crippen LogP contribution in [0.5, 0.6) is 0 Å². The van der Waals surface area contributed by atoms with Crippen molar-refractivity contribution < 1.29 is 4.79 Å². The number of anilines is 3. The average molecular weight is 351 g/mol. The molecule has 0 unspecified atom stereocenters. The van der Waals surface area contributed by atoms with Crippen molar-refractivity contribution >= 4 is 46.3 Å². The smallest absolute Gasteiger partial charge is 0.135 e. The molecule has 0 radical (unpaired) electrons. The number of hydrogen-bond donors (Lipinski definition) is 2. The van der Waals surface area contributed by atoms with Gasteiger partial charge in [-0.2, -0.15) is 0 Å². The summed E-state index contributed by atoms with van der Waals surface area (Å²) in [6, 6.07) is 7.41. The Hall–Kier alpha value is -1.85. The Bertz CT molecular complexity index is 713. The van der Waals surface area contributed by atoms with Crippen molar-refractivity contribution in [1.82, 2.24) is 9.97 Å². The van der Waals surface area contributed by atoms with Crippen LogP contribution in [0, 0.1) is 0 Å². The van der Waals surface area contributed by atoms with Crippen molar-refractivity contribution in [3.05, 3.63) is 40.6 Å². The molecule has 2 N–H and O–H groups in total. The van der Waals surface area contributed by atoms with E-state index in [1.807, 2.05) is 12.1 Å². The van der Waals surface area contributed by atoms with Gasteiger partial charge in [-0.1, -0.05) is 23.2 Å². The number of Topliss-reactive ketones (excluding diaryl/α,β-unsaturated/α-hetero) is 1. The molecule has 1 heterocycles. The molecule has 1 aromatic carbocycles. The van der Waals surface area contributed by atoms with Crippen LogP contribution in [0.3, 0.4) is 0 Å². The van der Waals surface area contributed by atoms with E-state index in [4.69, 9.17) is 23.2 Å². The van der Waals surface area contributed by atoms with E-state index in [1.54, 1.807) is 12.1 Å². The number of carbonyl (C=O) groups is 1. The SMILES string of the molecule is O=C1CCC(Nc2cc(Nc3ccc(Cl)c(Cl)c3)ncn2)CC1. The van der Waals surface area contributed by atoms with Crippen molar-refractivity contribution in [2.45, 2.75) is 31.7 Å². The minimum Gasteiger partial charge on any atom is -0.367 e. The molecule has 7 heteroatoms. The molecule has 0 aliphatic heterocycles. The monoisotopic (exact) mass is 350 g/mol. The second-order valence-electron chi connectivity index (χ2n) is 5.50. The summed E-state index contributed by atoms with van der Waals surface area (Å²) in [7, 11) is 0. The molecule has 1 aromatic heterocycles. The van der Waals surface area contributed by atoms with Crippen LogP contribution in [0.2, 0.25) is 10.0 Å². The fourth-order valence-electron chi connectivity index (χ4n) is 2.52. The molecule has 1 aliphatic carbocycles. The summed E-state index contributed by atoms with van der Waals surface area (Å²) in [5.41, 5.74) is 0.798. The van der Waals surface area contributed by atoms with Crippen LogP contribution < -0.4 is 10.6 Å². The first-order valence-electron chi connectivity index (χ1n) is 7.42. The summed E-state index contributed by atoms with van der Waals surface area (Å²) in [6.07, 6.45) is 4.46. The first-order chi connectivity index (χ1) is 11.1. The zero-order valence-electron chi connectivity index (χ0n) is 12.4. The lowest BCUT2D eigenvalue weighted by molar-refractivity contribution is -0.120. The summed E-state index contributed by atoms with van der Waals surface area (Å²) in [6.45, 7) is 0. The lowest BCUT2D eigenvalue weighted by Crippen LogP contribution is -2.26. The molecule has 0 saturated heterocycles. The summed E-state index contributed by atoms with van der Waals surface area (Å²) in [5, 5.41) is 7.52. The van der Waals surface area contributed by atoms with Crippen molar-refractivity contribution in [2.75, 3.05) is 10.6 Å². The topological polar surface area (TPSA) is 66.9 Å². The van der Waals surface area contributed by atoms with Gasteiger partial charge in [-0.15, -0.1) is 0 Å². The Morgan fingerprint density at radius 2 is 1.74 bits per heavy atom. The third-order valence-corrected chi connectivity index (χ3v) is 4.49. The van der Waals surface area contributed by atoms with E-state index >= 15 is 0 Å². The highest BCUT2D eigenvalue weighted by Gasteiger charge is 2.18. The van der Waals surface area contributed by atoms with Crippen molar-refractivity contribution in [3.8, 4) is 0 Å². The van der Waals surface area contributed by atoms with Gasteiger partial charge in [-0.3, -0.25) is 4.79 Å². The number of halogens is 2. The van der Waals surface area contributed by atoms with E-state index in [1.165, 1.54) is 6.33 Å². The number of nitrogens with zero attached hydrogens (tertiary/aromatic N) is 2. The van der Waals surface area contributed by atoms with Gasteiger partial charge < -0.3 is 10.6 Å². The summed E-state index contributed by atoms with van der Waals surface area (Å²) in [4.78, 5) is 19.7. The van der Waals surface area contributed by atoms with Gasteiger partial charge in [0.25, 0.3) is 0 Å². The molecule has 1 aliphatic rings. The Morgan fingerprint density at radius 1 is 1.00 bits per heavy atom. The van der Waals surface area contributed by atoms with Gasteiger partial charge >= 0.3 is 0 Å². The van der Waals surface area contributed by atoms with Gasteiger partial charge in [0.15, 0.2) is 0 Å². The molecule has 1 fully saturated rings. The van der Waals surface area contributed by atoms with Crippen LogP contribution >= 0.6 is 23.2 Å². The fourth-order valence-corrected chi connectivity index (χ4v) is 2.82. The van der Waals surface area contributed by atoms with Crippen LogP contribution in [-0.2, 0) is 4.79 Å². The molecule has 0 spiro atoms. The highest BCUT2D eigenvalue weighted by molar-refractivity contribution is 6.42. The second-order valence-corrected chi connectivity index (χ2v) is 6.31. The van der Waals surface area contributed by atoms with E-state index in [9.17, 15) is 4.79 Å². The predicted molar refractivity (Wildman–Crippen MR) is 92.7 cm³/mol. The molecule has 2 aromatic rings. The number of rotatable bonds is 4. The van der Waals surface area contributed by atoms with E-state index < -0.39 is 0 Å². The largest absolute Gasteiger partial charge is 0.367 e. The normalized spacial score (nSPS) is 15.5. The number of ketones is 1. The standard InChI is InChI=1S/C16H16Cl2N4O/c17-13-6-3-11(7-14(13)18)22-16-8-15(19-9-20-16)21-10-1-4-12(23)5-2-10/h3,6-10H,1-2,4-5H2,(H2,19,20,21,22). The predicted octanol–water partition coefficient (Wildman–Crippen LogP) is 4.45. The van der Waals surface area contributed by atoms with Crippen LogP contribution in [0.15, 0.2) is 30.6 Å². The molecule has 0 amide bonds. The molecule has 3 rings (SSSR count). The molecular weight excluding hydrogens is 335 g/mol. The lowest BCUT2D eigenvalue weighted by Gasteiger charge is -2.22. The number of carbonyl (C=O) groups excluding carboxylic acids is 1. The molecule has 0 bridgehead atoms. The first kappa shape index (κ1) is 16.0. The quantitative estimate of drug-likeness (QED) is 0.852. The lowest BCUT2D eigenvalue weighted by atomic mass is 9.94.